The number of carbonyl (C=O) groups excluding carboxylic acids is 3. The van der Waals surface area contributed by atoms with E-state index in [0.717, 1.165) is 6.42 Å². The van der Waals surface area contributed by atoms with Crippen molar-refractivity contribution >= 4 is 17.7 Å². The van der Waals surface area contributed by atoms with E-state index < -0.39 is 89.0 Å². The Kier molecular flexibility index (Phi) is 16.5. The van der Waals surface area contributed by atoms with E-state index >= 15 is 0 Å². The predicted octanol–water partition coefficient (Wildman–Crippen LogP) is 3.02. The molecule has 0 aromatic heterocycles. The minimum absolute atomic E-state index is 0. The molecule has 3 N–H and O–H groups in total. The van der Waals surface area contributed by atoms with Crippen molar-refractivity contribution in [1.29, 1.82) is 0 Å². The predicted molar refractivity (Wildman–Crippen MR) is 234 cm³/mol. The topological polar surface area (TPSA) is 191 Å². The summed E-state index contributed by atoms with van der Waals surface area (Å²) >= 11 is 0. The summed E-state index contributed by atoms with van der Waals surface area (Å²) < 4.78 is 45.7. The number of carbonyl (C=O) groups is 3. The summed E-state index contributed by atoms with van der Waals surface area (Å²) in [5, 5.41) is 38.3. The molecule has 1 amide bonds. The summed E-state index contributed by atoms with van der Waals surface area (Å²) in [6, 6.07) is 4.31. The Balaban J connectivity index is 0.00000700. The molecule has 6 heterocycles. The number of nitrogens with one attached hydrogen (secondary N) is 1. The summed E-state index contributed by atoms with van der Waals surface area (Å²) in [5.74, 6) is -5.97. The van der Waals surface area contributed by atoms with E-state index in [1.165, 1.54) is 0 Å². The van der Waals surface area contributed by atoms with Gasteiger partial charge in [0.15, 0.2) is 23.1 Å². The smallest absolute Gasteiger partial charge is 0.550 e. The van der Waals surface area contributed by atoms with E-state index in [0.29, 0.717) is 74.8 Å². The van der Waals surface area contributed by atoms with E-state index in [-0.39, 0.29) is 71.9 Å². The fourth-order valence-electron chi connectivity index (χ4n) is 11.9. The molecule has 4 saturated heterocycles. The molecule has 15 heteroatoms. The molecular weight excluding hydrogens is 846 g/mol. The van der Waals surface area contributed by atoms with Crippen molar-refractivity contribution in [2.24, 2.45) is 41.4 Å². The molecule has 1 aromatic carbocycles. The van der Waals surface area contributed by atoms with Gasteiger partial charge in [0.05, 0.1) is 47.8 Å². The summed E-state index contributed by atoms with van der Waals surface area (Å²) in [7, 11) is 0. The van der Waals surface area contributed by atoms with E-state index in [1.807, 2.05) is 60.6 Å². The second-order valence-electron chi connectivity index (χ2n) is 20.5. The first-order chi connectivity index (χ1) is 30.2. The maximum atomic E-state index is 14.7. The molecule has 65 heavy (non-hydrogen) atoms. The van der Waals surface area contributed by atoms with Crippen LogP contribution in [0.25, 0.3) is 0 Å². The Hall–Kier alpha value is -2.11. The number of hydrogen-bond acceptors (Lipinski definition) is 13. The number of benzene rings is 1. The van der Waals surface area contributed by atoms with Gasteiger partial charge in [0.2, 0.25) is 6.79 Å². The van der Waals surface area contributed by atoms with Crippen LogP contribution in [0.2, 0.25) is 0 Å². The third-order valence-electron chi connectivity index (χ3n) is 16.4. The van der Waals surface area contributed by atoms with Crippen LogP contribution in [0.15, 0.2) is 30.4 Å². The number of fused-ring (bicyclic) bond motifs is 1. The normalized spacial score (nSPS) is 40.1. The maximum absolute atomic E-state index is 14.7. The van der Waals surface area contributed by atoms with Gasteiger partial charge in [-0.2, -0.15) is 0 Å². The quantitative estimate of drug-likeness (QED) is 0.183. The van der Waals surface area contributed by atoms with Gasteiger partial charge in [-0.25, -0.2) is 0 Å². The van der Waals surface area contributed by atoms with E-state index in [9.17, 15) is 29.7 Å². The van der Waals surface area contributed by atoms with Crippen molar-refractivity contribution in [2.45, 2.75) is 199 Å². The molecule has 2 spiro atoms. The number of hydrogen-bond donors (Lipinski definition) is 3. The zero-order valence-corrected chi connectivity index (χ0v) is 42.6. The number of ketones is 1. The van der Waals surface area contributed by atoms with Crippen LogP contribution in [-0.4, -0.2) is 100 Å². The molecule has 358 valence electrons. The molecule has 0 aliphatic carbocycles. The summed E-state index contributed by atoms with van der Waals surface area (Å²) in [4.78, 5) is 40.7. The van der Waals surface area contributed by atoms with Crippen molar-refractivity contribution in [3.05, 3.63) is 35.9 Å². The molecule has 0 saturated carbocycles. The van der Waals surface area contributed by atoms with Gasteiger partial charge in [-0.1, -0.05) is 61.5 Å². The third kappa shape index (κ3) is 10.0. The van der Waals surface area contributed by atoms with Crippen LogP contribution in [0, 0.1) is 41.4 Å². The van der Waals surface area contributed by atoms with Gasteiger partial charge >= 0.3 is 29.6 Å². The van der Waals surface area contributed by atoms with Crippen LogP contribution in [0.4, 0.5) is 0 Å². The standard InChI is InChI=1S/C50H75NO13.Na/c1-11-34(46(55)56)36-16-14-27(4)43(61-36)31(8)41(52)30(7)42(53)35(12-2)44-28(5)24-29(6)49(62-44)21-18-39(51-45(54)33-15-17-37-38(25-33)59-26-58-37)50(64-49)23-22-47(10,63-50)40-19-20-48(57,13-3)32(9)60-40;/h15,17-18,21,25,27-32,34-36,39-41,43-44,52,57H,11-14,16,19-20,22-24,26H2,1-10H3,(H,51,54)(H,55,56);/q;+1/p-1/t27-,28-,29+,30-,31-,32-,34+,35-,36+,39-,40+,41+,43+,44-,47-,48+,49-,50-;/m0./s1. The van der Waals surface area contributed by atoms with Gasteiger partial charge in [0.1, 0.15) is 11.8 Å². The molecule has 14 nitrogen and oxygen atoms in total. The van der Waals surface area contributed by atoms with Gasteiger partial charge in [0, 0.05) is 47.5 Å². The summed E-state index contributed by atoms with van der Waals surface area (Å²) in [6.45, 7) is 19.6. The maximum Gasteiger partial charge on any atom is 1.00 e. The molecule has 0 radical (unpaired) electrons. The Labute approximate surface area is 407 Å². The number of aliphatic hydroxyl groups excluding tert-OH is 1. The molecular formula is C50H74NNaO13. The number of rotatable bonds is 14. The minimum atomic E-state index is -1.40. The third-order valence-corrected chi connectivity index (χ3v) is 16.4. The van der Waals surface area contributed by atoms with Gasteiger partial charge in [-0.3, -0.25) is 9.59 Å². The number of aliphatic hydroxyl groups is 2. The average Bonchev–Trinajstić information content (AvgIpc) is 3.89. The van der Waals surface area contributed by atoms with Crippen molar-refractivity contribution in [3.63, 3.8) is 0 Å². The first-order valence-corrected chi connectivity index (χ1v) is 24.2. The zero-order valence-electron chi connectivity index (χ0n) is 40.6. The second kappa shape index (κ2) is 20.5. The van der Waals surface area contributed by atoms with Crippen molar-refractivity contribution in [3.8, 4) is 11.5 Å². The monoisotopic (exact) mass is 920 g/mol. The second-order valence-corrected chi connectivity index (χ2v) is 20.5. The number of carboxylic acids is 1. The molecule has 0 bridgehead atoms. The summed E-state index contributed by atoms with van der Waals surface area (Å²) in [5.41, 5.74) is -1.39. The number of amides is 1. The summed E-state index contributed by atoms with van der Waals surface area (Å²) in [6.07, 6.45) is 5.95. The van der Waals surface area contributed by atoms with Crippen molar-refractivity contribution < 1.29 is 92.4 Å². The SMILES string of the molecule is CC[C@@H](C(=O)[C@@H](C)[C@@H](O)[C@H](C)[C@@H]1O[C@@H]([C@@H](CC)C(=O)[O-])CC[C@@H]1C)[C@H]1O[C@]2(C=C[C@H](NC(=O)c3ccc4c(c3)OCO4)[C@]3(CC[C@@](C)([C@H]4CC[C@](O)(CC)[C@H](C)O4)O3)O2)[C@H](C)C[C@@H]1C.[Na+]. The molecule has 7 rings (SSSR count). The first kappa shape index (κ1) is 52.3. The Morgan fingerprint density at radius 1 is 0.892 bits per heavy atom. The molecule has 1 aromatic rings. The molecule has 6 aliphatic rings. The van der Waals surface area contributed by atoms with Crippen LogP contribution in [0.5, 0.6) is 11.5 Å². The van der Waals surface area contributed by atoms with E-state index in [4.69, 9.17) is 33.2 Å². The fraction of sp³-hybridized carbons (Fsp3) is 0.780. The molecule has 4 fully saturated rings. The molecule has 18 atom stereocenters. The van der Waals surface area contributed by atoms with Crippen LogP contribution in [-0.2, 0) is 33.3 Å². The minimum Gasteiger partial charge on any atom is -0.550 e. The van der Waals surface area contributed by atoms with E-state index in [2.05, 4.69) is 19.2 Å². The van der Waals surface area contributed by atoms with Crippen LogP contribution >= 0.6 is 0 Å². The Morgan fingerprint density at radius 2 is 1.60 bits per heavy atom. The van der Waals surface area contributed by atoms with Crippen molar-refractivity contribution in [2.75, 3.05) is 6.79 Å². The van der Waals surface area contributed by atoms with Gasteiger partial charge in [0.25, 0.3) is 5.91 Å². The molecule has 6 aliphatic heterocycles. The Morgan fingerprint density at radius 3 is 2.26 bits per heavy atom. The van der Waals surface area contributed by atoms with Crippen LogP contribution in [0.3, 0.4) is 0 Å². The number of Topliss-reactive ketones (excluding diaryl/α,β-unsaturated/α-hetero) is 1. The zero-order chi connectivity index (χ0) is 46.5. The number of carboxylic acid groups (broad SMARTS) is 1. The fourth-order valence-corrected chi connectivity index (χ4v) is 11.9. The Bertz CT molecular complexity index is 1900. The van der Waals surface area contributed by atoms with Gasteiger partial charge < -0.3 is 58.6 Å². The van der Waals surface area contributed by atoms with E-state index in [1.54, 1.807) is 25.1 Å². The largest absolute Gasteiger partial charge is 1.00 e. The van der Waals surface area contributed by atoms with Gasteiger partial charge in [-0.05, 0) is 108 Å². The van der Waals surface area contributed by atoms with Crippen LogP contribution in [0.1, 0.15) is 144 Å². The average molecular weight is 920 g/mol. The van der Waals surface area contributed by atoms with Crippen LogP contribution < -0.4 is 49.5 Å². The number of ether oxygens (including phenoxy) is 7. The number of aliphatic carboxylic acids is 1. The van der Waals surface area contributed by atoms with Gasteiger partial charge in [-0.15, -0.1) is 0 Å². The molecule has 0 unspecified atom stereocenters. The van der Waals surface area contributed by atoms with Crippen molar-refractivity contribution in [1.82, 2.24) is 5.32 Å². The first-order valence-electron chi connectivity index (χ1n) is 24.2.